The fourth-order valence-corrected chi connectivity index (χ4v) is 4.21. The van der Waals surface area contributed by atoms with Crippen molar-refractivity contribution in [2.24, 2.45) is 0 Å². The van der Waals surface area contributed by atoms with Gasteiger partial charge in [0.05, 0.1) is 16.6 Å². The lowest BCUT2D eigenvalue weighted by atomic mass is 10.1. The van der Waals surface area contributed by atoms with Gasteiger partial charge in [-0.25, -0.2) is 4.79 Å². The van der Waals surface area contributed by atoms with E-state index in [2.05, 4.69) is 10.3 Å². The van der Waals surface area contributed by atoms with Gasteiger partial charge in [0.1, 0.15) is 0 Å². The summed E-state index contributed by atoms with van der Waals surface area (Å²) in [7, 11) is 0. The summed E-state index contributed by atoms with van der Waals surface area (Å²) in [4.78, 5) is 50.6. The molecule has 3 rings (SSSR count). The molecule has 0 saturated carbocycles. The first kappa shape index (κ1) is 20.7. The molecule has 0 bridgehead atoms. The van der Waals surface area contributed by atoms with Gasteiger partial charge in [0.15, 0.2) is 5.78 Å². The van der Waals surface area contributed by atoms with E-state index in [4.69, 9.17) is 23.2 Å². The maximum Gasteiger partial charge on any atom is 0.328 e. The summed E-state index contributed by atoms with van der Waals surface area (Å²) < 4.78 is 1.44. The molecule has 2 aromatic rings. The minimum absolute atomic E-state index is 0.0141. The number of carbonyl (C=O) groups is 2. The Labute approximate surface area is 174 Å². The number of nitrogens with one attached hydrogen (secondary N) is 2. The molecule has 0 spiro atoms. The number of amides is 1. The number of thioether (sulfide) groups is 1. The van der Waals surface area contributed by atoms with Crippen LogP contribution in [0.4, 0.5) is 0 Å². The monoisotopic (exact) mass is 441 g/mol. The van der Waals surface area contributed by atoms with Crippen LogP contribution in [0, 0.1) is 0 Å². The van der Waals surface area contributed by atoms with E-state index in [1.54, 1.807) is 11.8 Å². The summed E-state index contributed by atoms with van der Waals surface area (Å²) in [5.41, 5.74) is 0.742. The number of Topliss-reactive ketones (excluding diaryl/α,β-unsaturated/α-hetero) is 1. The van der Waals surface area contributed by atoms with E-state index in [1.807, 2.05) is 0 Å². The van der Waals surface area contributed by atoms with Crippen LogP contribution in [0.2, 0.25) is 10.0 Å². The molecular formula is C18H17Cl2N3O4S. The summed E-state index contributed by atoms with van der Waals surface area (Å²) in [6, 6.07) is 4.50. The molecule has 148 valence electrons. The van der Waals surface area contributed by atoms with Crippen LogP contribution >= 0.6 is 35.0 Å². The van der Waals surface area contributed by atoms with Crippen LogP contribution in [-0.2, 0) is 23.5 Å². The van der Waals surface area contributed by atoms with Crippen molar-refractivity contribution in [2.45, 2.75) is 25.1 Å². The molecule has 1 aliphatic rings. The fraction of sp³-hybridized carbons (Fsp3) is 0.333. The van der Waals surface area contributed by atoms with Crippen LogP contribution in [-0.4, -0.2) is 33.5 Å². The lowest BCUT2D eigenvalue weighted by Crippen LogP contribution is -2.38. The second-order valence-corrected chi connectivity index (χ2v) is 8.14. The Bertz CT molecular complexity index is 1050. The second kappa shape index (κ2) is 8.98. The van der Waals surface area contributed by atoms with Gasteiger partial charge in [-0.1, -0.05) is 23.2 Å². The van der Waals surface area contributed by atoms with Crippen molar-refractivity contribution in [2.75, 3.05) is 12.3 Å². The largest absolute Gasteiger partial charge is 0.349 e. The van der Waals surface area contributed by atoms with Gasteiger partial charge in [-0.2, -0.15) is 11.8 Å². The van der Waals surface area contributed by atoms with E-state index >= 15 is 0 Å². The average molecular weight is 442 g/mol. The molecule has 1 aliphatic heterocycles. The molecule has 0 atom stereocenters. The zero-order valence-corrected chi connectivity index (χ0v) is 17.0. The first-order valence-electron chi connectivity index (χ1n) is 8.54. The van der Waals surface area contributed by atoms with Crippen LogP contribution in [0.15, 0.2) is 27.8 Å². The molecule has 0 saturated heterocycles. The molecule has 1 aromatic carbocycles. The molecule has 1 amide bonds. The molecular weight excluding hydrogens is 425 g/mol. The molecule has 0 fully saturated rings. The lowest BCUT2D eigenvalue weighted by Gasteiger charge is -2.19. The number of ketones is 1. The van der Waals surface area contributed by atoms with Crippen LogP contribution < -0.4 is 16.6 Å². The number of aromatic amines is 1. The second-order valence-electron chi connectivity index (χ2n) is 6.22. The highest BCUT2D eigenvalue weighted by atomic mass is 35.5. The number of rotatable bonds is 6. The minimum atomic E-state index is -0.518. The highest BCUT2D eigenvalue weighted by molar-refractivity contribution is 7.98. The molecule has 2 heterocycles. The number of halogens is 2. The Kier molecular flexibility index (Phi) is 6.64. The van der Waals surface area contributed by atoms with Crippen molar-refractivity contribution in [3.8, 4) is 0 Å². The molecule has 2 N–H and O–H groups in total. The predicted molar refractivity (Wildman–Crippen MR) is 110 cm³/mol. The van der Waals surface area contributed by atoms with Crippen molar-refractivity contribution >= 4 is 46.7 Å². The van der Waals surface area contributed by atoms with Crippen molar-refractivity contribution in [3.63, 3.8) is 0 Å². The van der Waals surface area contributed by atoms with Crippen molar-refractivity contribution in [1.82, 2.24) is 14.9 Å². The van der Waals surface area contributed by atoms with Gasteiger partial charge in [-0.05, 0) is 30.4 Å². The quantitative estimate of drug-likeness (QED) is 0.667. The zero-order chi connectivity index (χ0) is 20.3. The Morgan fingerprint density at radius 1 is 1.21 bits per heavy atom. The fourth-order valence-electron chi connectivity index (χ4n) is 2.92. The third-order valence-electron chi connectivity index (χ3n) is 4.39. The Hall–Kier alpha value is -2.03. The number of hydrogen-bond acceptors (Lipinski definition) is 5. The van der Waals surface area contributed by atoms with Crippen LogP contribution in [0.5, 0.6) is 0 Å². The Morgan fingerprint density at radius 3 is 2.75 bits per heavy atom. The maximum atomic E-state index is 12.2. The molecule has 1 aromatic heterocycles. The van der Waals surface area contributed by atoms with E-state index in [0.29, 0.717) is 34.0 Å². The van der Waals surface area contributed by atoms with Gasteiger partial charge in [0.25, 0.3) is 5.56 Å². The Morgan fingerprint density at radius 2 is 2.00 bits per heavy atom. The van der Waals surface area contributed by atoms with Crippen LogP contribution in [0.25, 0.3) is 0 Å². The Balaban J connectivity index is 1.60. The maximum absolute atomic E-state index is 12.2. The van der Waals surface area contributed by atoms with E-state index in [1.165, 1.54) is 22.8 Å². The van der Waals surface area contributed by atoms with E-state index in [0.717, 1.165) is 5.75 Å². The van der Waals surface area contributed by atoms with Crippen molar-refractivity contribution in [1.29, 1.82) is 0 Å². The summed E-state index contributed by atoms with van der Waals surface area (Å²) >= 11 is 13.3. The summed E-state index contributed by atoms with van der Waals surface area (Å²) in [6.45, 7) is -0.0541. The standard InChI is InChI=1S/C18H17Cl2N3O4S/c19-12-2-1-10(7-13(12)20)15(24)8-21-16(25)3-5-23-14-4-6-28-9-11(14)17(26)22-18(23)27/h1-2,7H,3-6,8-9H2,(H,21,25)(H,22,26,27). The summed E-state index contributed by atoms with van der Waals surface area (Å²) in [6.07, 6.45) is 0.622. The molecule has 0 radical (unpaired) electrons. The predicted octanol–water partition coefficient (Wildman–Crippen LogP) is 2.02. The highest BCUT2D eigenvalue weighted by Crippen LogP contribution is 2.23. The summed E-state index contributed by atoms with van der Waals surface area (Å²) in [5.74, 6) is 0.697. The van der Waals surface area contributed by atoms with E-state index in [-0.39, 0.29) is 41.8 Å². The molecule has 0 unspecified atom stereocenters. The number of fused-ring (bicyclic) bond motifs is 1. The normalized spacial score (nSPS) is 13.1. The number of hydrogen-bond donors (Lipinski definition) is 2. The number of benzene rings is 1. The minimum Gasteiger partial charge on any atom is -0.349 e. The van der Waals surface area contributed by atoms with Crippen molar-refractivity contribution < 1.29 is 9.59 Å². The molecule has 7 nitrogen and oxygen atoms in total. The molecule has 28 heavy (non-hydrogen) atoms. The van der Waals surface area contributed by atoms with E-state index < -0.39 is 5.69 Å². The highest BCUT2D eigenvalue weighted by Gasteiger charge is 2.19. The van der Waals surface area contributed by atoms with Gasteiger partial charge in [0.2, 0.25) is 5.91 Å². The first-order valence-corrected chi connectivity index (χ1v) is 10.5. The first-order chi connectivity index (χ1) is 13.4. The van der Waals surface area contributed by atoms with E-state index in [9.17, 15) is 19.2 Å². The number of nitrogens with zero attached hydrogens (tertiary/aromatic N) is 1. The van der Waals surface area contributed by atoms with Gasteiger partial charge >= 0.3 is 5.69 Å². The SMILES string of the molecule is O=C(CCn1c2c(c(=O)[nH]c1=O)CSCC2)NCC(=O)c1ccc(Cl)c(Cl)c1. The van der Waals surface area contributed by atoms with Gasteiger partial charge in [0, 0.05) is 35.5 Å². The van der Waals surface area contributed by atoms with Crippen LogP contribution in [0.1, 0.15) is 28.0 Å². The van der Waals surface area contributed by atoms with Crippen molar-refractivity contribution in [3.05, 3.63) is 65.9 Å². The third kappa shape index (κ3) is 4.68. The smallest absolute Gasteiger partial charge is 0.328 e. The topological polar surface area (TPSA) is 101 Å². The van der Waals surface area contributed by atoms with Gasteiger partial charge in [-0.3, -0.25) is 23.9 Å². The number of H-pyrrole nitrogens is 1. The third-order valence-corrected chi connectivity index (χ3v) is 6.12. The molecule has 10 heteroatoms. The van der Waals surface area contributed by atoms with Gasteiger partial charge < -0.3 is 5.32 Å². The summed E-state index contributed by atoms with van der Waals surface area (Å²) in [5, 5.41) is 3.15. The number of carbonyl (C=O) groups excluding carboxylic acids is 2. The lowest BCUT2D eigenvalue weighted by molar-refractivity contribution is -0.121. The zero-order valence-electron chi connectivity index (χ0n) is 14.7. The van der Waals surface area contributed by atoms with Gasteiger partial charge in [-0.15, -0.1) is 0 Å². The average Bonchev–Trinajstić information content (AvgIpc) is 2.68. The van der Waals surface area contributed by atoms with Crippen LogP contribution in [0.3, 0.4) is 0 Å². The molecule has 0 aliphatic carbocycles. The number of aromatic nitrogens is 2.